The van der Waals surface area contributed by atoms with Crippen molar-refractivity contribution in [1.29, 1.82) is 0 Å². The molecule has 1 aromatic rings. The minimum atomic E-state index is 0.723. The van der Waals surface area contributed by atoms with Gasteiger partial charge in [0.1, 0.15) is 0 Å². The minimum absolute atomic E-state index is 0.723. The highest BCUT2D eigenvalue weighted by Gasteiger charge is 2.15. The summed E-state index contributed by atoms with van der Waals surface area (Å²) < 4.78 is 0. The average Bonchev–Trinajstić information content (AvgIpc) is 2.67. The second kappa shape index (κ2) is 8.43. The maximum absolute atomic E-state index is 3.77. The number of likely N-dealkylation sites (tertiary alicyclic amines) is 1. The molecule has 1 aliphatic rings. The highest BCUT2D eigenvalue weighted by atomic mass is 15.1. The molecular formula is C18H30N2. The van der Waals surface area contributed by atoms with E-state index in [0.29, 0.717) is 0 Å². The standard InChI is InChI=1S/C18H30N2/c1-3-13-20-14-6-9-18(11-15-20)19-12-10-17-8-5-4-7-16(17)2/h4-5,7-8,18-19H,3,6,9-15H2,1-2H3. The Morgan fingerprint density at radius 1 is 1.20 bits per heavy atom. The molecule has 0 aliphatic carbocycles. The van der Waals surface area contributed by atoms with Crippen molar-refractivity contribution in [3.63, 3.8) is 0 Å². The van der Waals surface area contributed by atoms with Crippen LogP contribution in [0, 0.1) is 6.92 Å². The molecule has 0 saturated carbocycles. The maximum Gasteiger partial charge on any atom is 0.00798 e. The molecule has 1 saturated heterocycles. The fourth-order valence-corrected chi connectivity index (χ4v) is 3.20. The first kappa shape index (κ1) is 15.5. The molecule has 0 spiro atoms. The summed E-state index contributed by atoms with van der Waals surface area (Å²) in [5.41, 5.74) is 2.91. The highest BCUT2D eigenvalue weighted by molar-refractivity contribution is 5.25. The largest absolute Gasteiger partial charge is 0.314 e. The van der Waals surface area contributed by atoms with Crippen molar-refractivity contribution < 1.29 is 0 Å². The zero-order chi connectivity index (χ0) is 14.2. The molecular weight excluding hydrogens is 244 g/mol. The second-order valence-electron chi connectivity index (χ2n) is 6.10. The van der Waals surface area contributed by atoms with Crippen LogP contribution in [-0.2, 0) is 6.42 Å². The van der Waals surface area contributed by atoms with Crippen molar-refractivity contribution in [3.8, 4) is 0 Å². The van der Waals surface area contributed by atoms with E-state index in [0.717, 1.165) is 19.0 Å². The van der Waals surface area contributed by atoms with Crippen LogP contribution in [0.4, 0.5) is 0 Å². The number of benzene rings is 1. The van der Waals surface area contributed by atoms with E-state index in [1.54, 1.807) is 0 Å². The van der Waals surface area contributed by atoms with Crippen molar-refractivity contribution in [2.45, 2.75) is 52.0 Å². The first-order valence-corrected chi connectivity index (χ1v) is 8.30. The van der Waals surface area contributed by atoms with Crippen LogP contribution in [0.2, 0.25) is 0 Å². The Kier molecular flexibility index (Phi) is 6.55. The summed E-state index contributed by atoms with van der Waals surface area (Å²) >= 11 is 0. The number of nitrogens with zero attached hydrogens (tertiary/aromatic N) is 1. The van der Waals surface area contributed by atoms with Gasteiger partial charge in [-0.05, 0) is 76.3 Å². The van der Waals surface area contributed by atoms with Crippen LogP contribution in [-0.4, -0.2) is 37.1 Å². The first-order valence-electron chi connectivity index (χ1n) is 8.30. The molecule has 1 aliphatic heterocycles. The lowest BCUT2D eigenvalue weighted by Crippen LogP contribution is -2.32. The number of hydrogen-bond donors (Lipinski definition) is 1. The van der Waals surface area contributed by atoms with Crippen molar-refractivity contribution >= 4 is 0 Å². The SMILES string of the molecule is CCCN1CCCC(NCCc2ccccc2C)CC1. The Hall–Kier alpha value is -0.860. The van der Waals surface area contributed by atoms with Gasteiger partial charge in [-0.2, -0.15) is 0 Å². The molecule has 0 radical (unpaired) electrons. The van der Waals surface area contributed by atoms with Crippen molar-refractivity contribution in [3.05, 3.63) is 35.4 Å². The van der Waals surface area contributed by atoms with E-state index in [1.807, 2.05) is 0 Å². The van der Waals surface area contributed by atoms with Gasteiger partial charge in [0.25, 0.3) is 0 Å². The number of nitrogens with one attached hydrogen (secondary N) is 1. The molecule has 2 nitrogen and oxygen atoms in total. The lowest BCUT2D eigenvalue weighted by Gasteiger charge is -2.19. The quantitative estimate of drug-likeness (QED) is 0.855. The van der Waals surface area contributed by atoms with Gasteiger partial charge in [-0.3, -0.25) is 0 Å². The summed E-state index contributed by atoms with van der Waals surface area (Å²) in [6, 6.07) is 9.47. The van der Waals surface area contributed by atoms with Gasteiger partial charge in [0.05, 0.1) is 0 Å². The van der Waals surface area contributed by atoms with Crippen LogP contribution in [0.25, 0.3) is 0 Å². The fourth-order valence-electron chi connectivity index (χ4n) is 3.20. The molecule has 2 heteroatoms. The summed E-state index contributed by atoms with van der Waals surface area (Å²) in [6.45, 7) is 9.45. The molecule has 0 amide bonds. The lowest BCUT2D eigenvalue weighted by molar-refractivity contribution is 0.283. The predicted octanol–water partition coefficient (Wildman–Crippen LogP) is 3.39. The molecule has 0 aromatic heterocycles. The van der Waals surface area contributed by atoms with Crippen LogP contribution in [0.5, 0.6) is 0 Å². The zero-order valence-corrected chi connectivity index (χ0v) is 13.2. The molecule has 1 N–H and O–H groups in total. The summed E-state index contributed by atoms with van der Waals surface area (Å²) in [4.78, 5) is 2.63. The first-order chi connectivity index (χ1) is 9.79. The smallest absolute Gasteiger partial charge is 0.00798 e. The maximum atomic E-state index is 3.77. The van der Waals surface area contributed by atoms with Gasteiger partial charge in [-0.1, -0.05) is 31.2 Å². The van der Waals surface area contributed by atoms with Crippen LogP contribution in [0.3, 0.4) is 0 Å². The molecule has 2 rings (SSSR count). The normalized spacial score (nSPS) is 20.8. The third kappa shape index (κ3) is 4.92. The third-order valence-electron chi connectivity index (χ3n) is 4.45. The monoisotopic (exact) mass is 274 g/mol. The molecule has 1 fully saturated rings. The predicted molar refractivity (Wildman–Crippen MR) is 87.3 cm³/mol. The van der Waals surface area contributed by atoms with Gasteiger partial charge in [0.15, 0.2) is 0 Å². The average molecular weight is 274 g/mol. The summed E-state index contributed by atoms with van der Waals surface area (Å²) in [7, 11) is 0. The highest BCUT2D eigenvalue weighted by Crippen LogP contribution is 2.12. The Labute approximate surface area is 124 Å². The third-order valence-corrected chi connectivity index (χ3v) is 4.45. The molecule has 1 heterocycles. The molecule has 1 unspecified atom stereocenters. The van der Waals surface area contributed by atoms with E-state index in [9.17, 15) is 0 Å². The van der Waals surface area contributed by atoms with E-state index in [4.69, 9.17) is 0 Å². The molecule has 112 valence electrons. The van der Waals surface area contributed by atoms with Gasteiger partial charge in [-0.15, -0.1) is 0 Å². The number of hydrogen-bond acceptors (Lipinski definition) is 2. The van der Waals surface area contributed by atoms with Crippen LogP contribution in [0.1, 0.15) is 43.7 Å². The van der Waals surface area contributed by atoms with Gasteiger partial charge >= 0.3 is 0 Å². The van der Waals surface area contributed by atoms with Crippen molar-refractivity contribution in [2.75, 3.05) is 26.2 Å². The molecule has 1 atom stereocenters. The number of rotatable bonds is 6. The fraction of sp³-hybridized carbons (Fsp3) is 0.667. The molecule has 1 aromatic carbocycles. The van der Waals surface area contributed by atoms with Crippen molar-refractivity contribution in [2.24, 2.45) is 0 Å². The Balaban J connectivity index is 1.70. The summed E-state index contributed by atoms with van der Waals surface area (Å²) in [5, 5.41) is 3.77. The van der Waals surface area contributed by atoms with E-state index in [1.165, 1.54) is 56.4 Å². The Morgan fingerprint density at radius 2 is 2.05 bits per heavy atom. The van der Waals surface area contributed by atoms with E-state index < -0.39 is 0 Å². The summed E-state index contributed by atoms with van der Waals surface area (Å²) in [5.74, 6) is 0. The van der Waals surface area contributed by atoms with Gasteiger partial charge < -0.3 is 10.2 Å². The number of aryl methyl sites for hydroxylation is 1. The minimum Gasteiger partial charge on any atom is -0.314 e. The van der Waals surface area contributed by atoms with Crippen LogP contribution >= 0.6 is 0 Å². The Bertz CT molecular complexity index is 389. The van der Waals surface area contributed by atoms with Crippen LogP contribution in [0.15, 0.2) is 24.3 Å². The van der Waals surface area contributed by atoms with E-state index in [-0.39, 0.29) is 0 Å². The molecule has 20 heavy (non-hydrogen) atoms. The van der Waals surface area contributed by atoms with Gasteiger partial charge in [0, 0.05) is 6.04 Å². The summed E-state index contributed by atoms with van der Waals surface area (Å²) in [6.07, 6.45) is 6.44. The Morgan fingerprint density at radius 3 is 2.85 bits per heavy atom. The zero-order valence-electron chi connectivity index (χ0n) is 13.2. The second-order valence-corrected chi connectivity index (χ2v) is 6.10. The van der Waals surface area contributed by atoms with Gasteiger partial charge in [-0.25, -0.2) is 0 Å². The molecule has 0 bridgehead atoms. The topological polar surface area (TPSA) is 15.3 Å². The van der Waals surface area contributed by atoms with E-state index in [2.05, 4.69) is 48.3 Å². The van der Waals surface area contributed by atoms with E-state index >= 15 is 0 Å². The van der Waals surface area contributed by atoms with Crippen LogP contribution < -0.4 is 5.32 Å². The van der Waals surface area contributed by atoms with Crippen molar-refractivity contribution in [1.82, 2.24) is 10.2 Å². The lowest BCUT2D eigenvalue weighted by atomic mass is 10.1. The van der Waals surface area contributed by atoms with Gasteiger partial charge in [0.2, 0.25) is 0 Å².